The molecule has 0 amide bonds. The highest BCUT2D eigenvalue weighted by atomic mass is 16.6. The van der Waals surface area contributed by atoms with Gasteiger partial charge in [0, 0.05) is 11.3 Å². The molecule has 0 fully saturated rings. The molecule has 0 unspecified atom stereocenters. The highest BCUT2D eigenvalue weighted by Crippen LogP contribution is 2.29. The van der Waals surface area contributed by atoms with Gasteiger partial charge in [0.1, 0.15) is 12.4 Å². The first-order valence-electron chi connectivity index (χ1n) is 9.99. The van der Waals surface area contributed by atoms with Crippen molar-refractivity contribution in [1.29, 1.82) is 0 Å². The number of nitrogens with zero attached hydrogens (tertiary/aromatic N) is 2. The normalized spacial score (nSPS) is 12.0. The third kappa shape index (κ3) is 5.12. The van der Waals surface area contributed by atoms with Crippen molar-refractivity contribution in [2.24, 2.45) is 5.16 Å². The van der Waals surface area contributed by atoms with Gasteiger partial charge < -0.3 is 14.7 Å². The number of para-hydroxylation sites is 1. The molecule has 0 atom stereocenters. The first kappa shape index (κ1) is 22.1. The van der Waals surface area contributed by atoms with E-state index in [2.05, 4.69) is 15.4 Å². The molecule has 162 valence electrons. The number of hydrogen-bond donors (Lipinski definition) is 2. The second-order valence-electron chi connectivity index (χ2n) is 8.28. The average Bonchev–Trinajstić information content (AvgIpc) is 3.07. The average molecular weight is 421 g/mol. The minimum Gasteiger partial charge on any atom is -0.478 e. The monoisotopic (exact) mass is 421 g/mol. The van der Waals surface area contributed by atoms with E-state index in [1.54, 1.807) is 19.1 Å². The van der Waals surface area contributed by atoms with Crippen LogP contribution in [0.2, 0.25) is 0 Å². The van der Waals surface area contributed by atoms with Crippen molar-refractivity contribution < 1.29 is 19.5 Å². The van der Waals surface area contributed by atoms with Crippen molar-refractivity contribution in [3.63, 3.8) is 0 Å². The lowest BCUT2D eigenvalue weighted by Gasteiger charge is -2.23. The molecule has 1 aromatic heterocycles. The topological polar surface area (TPSA) is 96.8 Å². The standard InChI is InChI=1S/C24H27N3O4/c1-15-21(22(26-25-15)31-17-10-7-6-8-11-17)16(2)27-30-14-19-18(23(28)29)12-9-13-20(19)24(3,4)5/h6-13H,14H2,1-5H3,(H,25,26)(H,28,29). The van der Waals surface area contributed by atoms with E-state index in [0.717, 1.165) is 11.3 Å². The number of carbonyl (C=O) groups is 1. The lowest BCUT2D eigenvalue weighted by atomic mass is 9.82. The summed E-state index contributed by atoms with van der Waals surface area (Å²) in [5.74, 6) is 0.0682. The lowest BCUT2D eigenvalue weighted by molar-refractivity contribution is 0.0688. The Morgan fingerprint density at radius 1 is 1.13 bits per heavy atom. The van der Waals surface area contributed by atoms with Crippen LogP contribution in [0.1, 0.15) is 60.4 Å². The molecule has 3 rings (SSSR count). The molecule has 7 nitrogen and oxygen atoms in total. The SMILES string of the molecule is CC(=NOCc1c(C(=O)O)cccc1C(C)(C)C)c1c(Oc2ccccc2)n[nH]c1C. The smallest absolute Gasteiger partial charge is 0.336 e. The molecule has 0 saturated carbocycles. The Balaban J connectivity index is 1.85. The number of hydrogen-bond acceptors (Lipinski definition) is 5. The van der Waals surface area contributed by atoms with Gasteiger partial charge in [-0.1, -0.05) is 56.3 Å². The van der Waals surface area contributed by atoms with Crippen LogP contribution in [0, 0.1) is 6.92 Å². The Labute approximate surface area is 181 Å². The number of aryl methyl sites for hydroxylation is 1. The Bertz CT molecular complexity index is 1100. The van der Waals surface area contributed by atoms with Crippen LogP contribution in [0.3, 0.4) is 0 Å². The van der Waals surface area contributed by atoms with Gasteiger partial charge in [0.25, 0.3) is 0 Å². The van der Waals surface area contributed by atoms with E-state index in [-0.39, 0.29) is 17.6 Å². The molecule has 7 heteroatoms. The van der Waals surface area contributed by atoms with Gasteiger partial charge in [0.15, 0.2) is 0 Å². The molecule has 3 aromatic rings. The number of H-pyrrole nitrogens is 1. The van der Waals surface area contributed by atoms with Crippen LogP contribution in [0.5, 0.6) is 11.6 Å². The van der Waals surface area contributed by atoms with Crippen LogP contribution < -0.4 is 4.74 Å². The molecule has 0 aliphatic heterocycles. The zero-order valence-corrected chi connectivity index (χ0v) is 18.4. The summed E-state index contributed by atoms with van der Waals surface area (Å²) in [5.41, 5.74) is 3.57. The van der Waals surface area contributed by atoms with E-state index in [9.17, 15) is 9.90 Å². The fourth-order valence-corrected chi connectivity index (χ4v) is 3.39. The molecule has 0 aliphatic carbocycles. The van der Waals surface area contributed by atoms with Gasteiger partial charge in [-0.25, -0.2) is 4.79 Å². The Morgan fingerprint density at radius 3 is 2.48 bits per heavy atom. The number of aromatic amines is 1. The third-order valence-corrected chi connectivity index (χ3v) is 4.86. The second kappa shape index (κ2) is 9.04. The molecule has 0 bridgehead atoms. The van der Waals surface area contributed by atoms with E-state index in [1.807, 2.05) is 64.1 Å². The van der Waals surface area contributed by atoms with Crippen molar-refractivity contribution >= 4 is 11.7 Å². The lowest BCUT2D eigenvalue weighted by Crippen LogP contribution is -2.17. The van der Waals surface area contributed by atoms with Crippen LogP contribution in [-0.2, 0) is 16.9 Å². The van der Waals surface area contributed by atoms with E-state index in [4.69, 9.17) is 9.57 Å². The quantitative estimate of drug-likeness (QED) is 0.391. The second-order valence-corrected chi connectivity index (χ2v) is 8.28. The van der Waals surface area contributed by atoms with Gasteiger partial charge in [0.2, 0.25) is 5.88 Å². The maximum absolute atomic E-state index is 11.7. The van der Waals surface area contributed by atoms with E-state index in [1.165, 1.54) is 0 Å². The first-order chi connectivity index (χ1) is 14.7. The number of aromatic nitrogens is 2. The minimum atomic E-state index is -0.991. The number of oxime groups is 1. The molecule has 0 saturated heterocycles. The fraction of sp³-hybridized carbons (Fsp3) is 0.292. The van der Waals surface area contributed by atoms with Crippen molar-refractivity contribution in [2.45, 2.75) is 46.6 Å². The highest BCUT2D eigenvalue weighted by Gasteiger charge is 2.23. The number of nitrogens with one attached hydrogen (secondary N) is 1. The number of ether oxygens (including phenoxy) is 1. The van der Waals surface area contributed by atoms with Crippen molar-refractivity contribution in [2.75, 3.05) is 0 Å². The van der Waals surface area contributed by atoms with Crippen LogP contribution >= 0.6 is 0 Å². The van der Waals surface area contributed by atoms with Gasteiger partial charge in [-0.3, -0.25) is 5.10 Å². The fourth-order valence-electron chi connectivity index (χ4n) is 3.39. The number of carboxylic acids is 1. The van der Waals surface area contributed by atoms with Gasteiger partial charge in [0.05, 0.1) is 16.8 Å². The molecule has 0 aliphatic rings. The van der Waals surface area contributed by atoms with Gasteiger partial charge in [-0.15, -0.1) is 5.10 Å². The molecule has 0 spiro atoms. The van der Waals surface area contributed by atoms with Crippen LogP contribution in [-0.4, -0.2) is 27.0 Å². The number of carboxylic acid groups (broad SMARTS) is 1. The van der Waals surface area contributed by atoms with E-state index >= 15 is 0 Å². The summed E-state index contributed by atoms with van der Waals surface area (Å²) in [5, 5.41) is 21.0. The molecular formula is C24H27N3O4. The minimum absolute atomic E-state index is 0.0399. The molecule has 0 radical (unpaired) electrons. The van der Waals surface area contributed by atoms with Crippen LogP contribution in [0.15, 0.2) is 53.7 Å². The largest absolute Gasteiger partial charge is 0.478 e. The first-order valence-corrected chi connectivity index (χ1v) is 9.99. The molecule has 1 heterocycles. The third-order valence-electron chi connectivity index (χ3n) is 4.86. The van der Waals surface area contributed by atoms with Gasteiger partial charge in [-0.05, 0) is 43.0 Å². The van der Waals surface area contributed by atoms with Crippen molar-refractivity contribution in [1.82, 2.24) is 10.2 Å². The van der Waals surface area contributed by atoms with E-state index in [0.29, 0.717) is 28.5 Å². The summed E-state index contributed by atoms with van der Waals surface area (Å²) >= 11 is 0. The molecule has 2 aromatic carbocycles. The van der Waals surface area contributed by atoms with Crippen molar-refractivity contribution in [3.05, 3.63) is 76.5 Å². The van der Waals surface area contributed by atoms with E-state index < -0.39 is 5.97 Å². The number of aromatic carboxylic acids is 1. The zero-order chi connectivity index (χ0) is 22.6. The summed E-state index contributed by atoms with van der Waals surface area (Å²) in [7, 11) is 0. The van der Waals surface area contributed by atoms with Gasteiger partial charge in [-0.2, -0.15) is 0 Å². The summed E-state index contributed by atoms with van der Waals surface area (Å²) in [6.07, 6.45) is 0. The molecule has 31 heavy (non-hydrogen) atoms. The maximum atomic E-state index is 11.7. The number of benzene rings is 2. The Morgan fingerprint density at radius 2 is 1.84 bits per heavy atom. The molecule has 2 N–H and O–H groups in total. The Kier molecular flexibility index (Phi) is 6.44. The van der Waals surface area contributed by atoms with Gasteiger partial charge >= 0.3 is 5.97 Å². The summed E-state index contributed by atoms with van der Waals surface area (Å²) in [6, 6.07) is 14.6. The van der Waals surface area contributed by atoms with Crippen LogP contribution in [0.4, 0.5) is 0 Å². The predicted octanol–water partition coefficient (Wildman–Crippen LogP) is 5.45. The number of rotatable bonds is 7. The summed E-state index contributed by atoms with van der Waals surface area (Å²) in [6.45, 7) is 9.81. The summed E-state index contributed by atoms with van der Waals surface area (Å²) < 4.78 is 5.87. The van der Waals surface area contributed by atoms with Crippen LogP contribution in [0.25, 0.3) is 0 Å². The molecular weight excluding hydrogens is 394 g/mol. The maximum Gasteiger partial charge on any atom is 0.336 e. The van der Waals surface area contributed by atoms with Crippen molar-refractivity contribution in [3.8, 4) is 11.6 Å². The summed E-state index contributed by atoms with van der Waals surface area (Å²) in [4.78, 5) is 17.3. The highest BCUT2D eigenvalue weighted by molar-refractivity contribution is 6.01. The Hall–Kier alpha value is -3.61. The predicted molar refractivity (Wildman–Crippen MR) is 119 cm³/mol. The zero-order valence-electron chi connectivity index (χ0n) is 18.4.